The highest BCUT2D eigenvalue weighted by Crippen LogP contribution is 2.11. The van der Waals surface area contributed by atoms with E-state index < -0.39 is 0 Å². The normalized spacial score (nSPS) is 11.1. The molecule has 0 unspecified atom stereocenters. The fourth-order valence-corrected chi connectivity index (χ4v) is 2.51. The molecule has 0 saturated heterocycles. The molecule has 2 rings (SSSR count). The zero-order chi connectivity index (χ0) is 13.7. The van der Waals surface area contributed by atoms with Crippen molar-refractivity contribution in [3.63, 3.8) is 0 Å². The van der Waals surface area contributed by atoms with Crippen LogP contribution >= 0.6 is 11.3 Å². The number of aromatic nitrogens is 2. The Morgan fingerprint density at radius 3 is 3.00 bits per heavy atom. The summed E-state index contributed by atoms with van der Waals surface area (Å²) in [5, 5.41) is 5.33. The number of thiophene rings is 1. The Morgan fingerprint density at radius 1 is 1.47 bits per heavy atom. The quantitative estimate of drug-likeness (QED) is 0.851. The first-order chi connectivity index (χ1) is 9.13. The summed E-state index contributed by atoms with van der Waals surface area (Å²) in [5.41, 5.74) is 0.721. The lowest BCUT2D eigenvalue weighted by Gasteiger charge is -2.07. The molecule has 4 nitrogen and oxygen atoms in total. The van der Waals surface area contributed by atoms with E-state index in [1.165, 1.54) is 4.88 Å². The monoisotopic (exact) mass is 277 g/mol. The molecule has 2 N–H and O–H groups in total. The average Bonchev–Trinajstić information content (AvgIpc) is 2.80. The Kier molecular flexibility index (Phi) is 4.87. The molecule has 0 aliphatic carbocycles. The van der Waals surface area contributed by atoms with Crippen LogP contribution in [0, 0.1) is 5.92 Å². The van der Waals surface area contributed by atoms with Gasteiger partial charge in [-0.2, -0.15) is 0 Å². The molecule has 0 radical (unpaired) electrons. The van der Waals surface area contributed by atoms with Crippen molar-refractivity contribution in [1.29, 1.82) is 0 Å². The summed E-state index contributed by atoms with van der Waals surface area (Å²) in [7, 11) is 0. The van der Waals surface area contributed by atoms with Gasteiger partial charge in [0.2, 0.25) is 0 Å². The second-order valence-corrected chi connectivity index (χ2v) is 6.00. The molecule has 0 spiro atoms. The van der Waals surface area contributed by atoms with Gasteiger partial charge >= 0.3 is 0 Å². The largest absolute Gasteiger partial charge is 0.311 e. The molecule has 2 aromatic rings. The van der Waals surface area contributed by atoms with Gasteiger partial charge in [-0.25, -0.2) is 4.98 Å². The summed E-state index contributed by atoms with van der Waals surface area (Å²) in [6.07, 6.45) is 0.685. The lowest BCUT2D eigenvalue weighted by atomic mass is 10.2. The van der Waals surface area contributed by atoms with Crippen LogP contribution in [0.15, 0.2) is 28.4 Å². The highest BCUT2D eigenvalue weighted by molar-refractivity contribution is 7.09. The fourth-order valence-electron chi connectivity index (χ4n) is 1.80. The lowest BCUT2D eigenvalue weighted by Crippen LogP contribution is -2.22. The van der Waals surface area contributed by atoms with Crippen LogP contribution in [0.4, 0.5) is 0 Å². The molecule has 0 aliphatic heterocycles. The minimum Gasteiger partial charge on any atom is -0.311 e. The van der Waals surface area contributed by atoms with Gasteiger partial charge in [-0.05, 0) is 23.9 Å². The molecule has 19 heavy (non-hydrogen) atoms. The predicted octanol–water partition coefficient (Wildman–Crippen LogP) is 2.17. The minimum atomic E-state index is -0.0806. The van der Waals surface area contributed by atoms with E-state index in [4.69, 9.17) is 0 Å². The predicted molar refractivity (Wildman–Crippen MR) is 78.5 cm³/mol. The first kappa shape index (κ1) is 14.0. The number of hydrogen-bond acceptors (Lipinski definition) is 4. The zero-order valence-corrected chi connectivity index (χ0v) is 12.1. The van der Waals surface area contributed by atoms with Crippen LogP contribution in [0.1, 0.15) is 30.2 Å². The van der Waals surface area contributed by atoms with E-state index in [2.05, 4.69) is 29.1 Å². The molecule has 0 saturated carbocycles. The van der Waals surface area contributed by atoms with Gasteiger partial charge < -0.3 is 10.3 Å². The van der Waals surface area contributed by atoms with E-state index in [9.17, 15) is 4.79 Å². The molecule has 0 bridgehead atoms. The van der Waals surface area contributed by atoms with Gasteiger partial charge in [0.05, 0.1) is 5.69 Å². The third-order valence-corrected chi connectivity index (χ3v) is 3.50. The Balaban J connectivity index is 2.04. The van der Waals surface area contributed by atoms with Gasteiger partial charge in [0.1, 0.15) is 5.82 Å². The molecular formula is C14H19N3OS. The van der Waals surface area contributed by atoms with Crippen molar-refractivity contribution in [1.82, 2.24) is 15.3 Å². The first-order valence-corrected chi connectivity index (χ1v) is 7.33. The molecule has 2 aromatic heterocycles. The number of nitrogens with one attached hydrogen (secondary N) is 2. The summed E-state index contributed by atoms with van der Waals surface area (Å²) < 4.78 is 0. The van der Waals surface area contributed by atoms with Crippen molar-refractivity contribution in [2.24, 2.45) is 5.92 Å². The van der Waals surface area contributed by atoms with E-state index >= 15 is 0 Å². The van der Waals surface area contributed by atoms with Crippen molar-refractivity contribution in [3.8, 4) is 0 Å². The summed E-state index contributed by atoms with van der Waals surface area (Å²) in [6.45, 7) is 5.87. The summed E-state index contributed by atoms with van der Waals surface area (Å²) in [4.78, 5) is 20.1. The lowest BCUT2D eigenvalue weighted by molar-refractivity contribution is 0.547. The highest BCUT2D eigenvalue weighted by Gasteiger charge is 2.04. The standard InChI is InChI=1S/C14H19N3OS/c1-10(2)8-15-9-11-6-14(18)17-13(16-11)7-12-4-3-5-19-12/h3-6,10,15H,7-9H2,1-2H3,(H,16,17,18). The van der Waals surface area contributed by atoms with Crippen LogP contribution in [0.5, 0.6) is 0 Å². The maximum absolute atomic E-state index is 11.6. The van der Waals surface area contributed by atoms with Crippen LogP contribution in [0.25, 0.3) is 0 Å². The second kappa shape index (κ2) is 6.63. The van der Waals surface area contributed by atoms with E-state index in [0.29, 0.717) is 18.9 Å². The Morgan fingerprint density at radius 2 is 2.32 bits per heavy atom. The number of rotatable bonds is 6. The molecule has 2 heterocycles. The SMILES string of the molecule is CC(C)CNCc1cc(=O)[nH]c(Cc2cccs2)n1. The maximum Gasteiger partial charge on any atom is 0.251 e. The second-order valence-electron chi connectivity index (χ2n) is 4.96. The third-order valence-electron chi connectivity index (χ3n) is 2.62. The summed E-state index contributed by atoms with van der Waals surface area (Å²) >= 11 is 1.67. The molecule has 0 amide bonds. The Labute approximate surface area is 116 Å². The van der Waals surface area contributed by atoms with Crippen molar-refractivity contribution < 1.29 is 0 Å². The van der Waals surface area contributed by atoms with Crippen LogP contribution in [0.3, 0.4) is 0 Å². The summed E-state index contributed by atoms with van der Waals surface area (Å²) in [6, 6.07) is 5.62. The molecule has 0 aromatic carbocycles. The fraction of sp³-hybridized carbons (Fsp3) is 0.429. The van der Waals surface area contributed by atoms with E-state index in [0.717, 1.165) is 18.1 Å². The minimum absolute atomic E-state index is 0.0806. The number of aromatic amines is 1. The van der Waals surface area contributed by atoms with Crippen molar-refractivity contribution in [3.05, 3.63) is 50.3 Å². The molecule has 5 heteroatoms. The third kappa shape index (κ3) is 4.61. The topological polar surface area (TPSA) is 57.8 Å². The smallest absolute Gasteiger partial charge is 0.251 e. The molecule has 0 aliphatic rings. The van der Waals surface area contributed by atoms with Gasteiger partial charge in [-0.1, -0.05) is 19.9 Å². The van der Waals surface area contributed by atoms with Crippen molar-refractivity contribution in [2.45, 2.75) is 26.8 Å². The van der Waals surface area contributed by atoms with Gasteiger partial charge in [-0.15, -0.1) is 11.3 Å². The Bertz CT molecular complexity index is 560. The number of nitrogens with zero attached hydrogens (tertiary/aromatic N) is 1. The van der Waals surface area contributed by atoms with Gasteiger partial charge in [0.15, 0.2) is 0 Å². The zero-order valence-electron chi connectivity index (χ0n) is 11.3. The number of H-pyrrole nitrogens is 1. The average molecular weight is 277 g/mol. The van der Waals surface area contributed by atoms with E-state index in [-0.39, 0.29) is 5.56 Å². The maximum atomic E-state index is 11.6. The van der Waals surface area contributed by atoms with E-state index in [1.807, 2.05) is 17.5 Å². The summed E-state index contributed by atoms with van der Waals surface area (Å²) in [5.74, 6) is 1.32. The molecule has 102 valence electrons. The highest BCUT2D eigenvalue weighted by atomic mass is 32.1. The van der Waals surface area contributed by atoms with Crippen LogP contribution in [-0.4, -0.2) is 16.5 Å². The van der Waals surface area contributed by atoms with Crippen LogP contribution in [-0.2, 0) is 13.0 Å². The van der Waals surface area contributed by atoms with E-state index in [1.54, 1.807) is 17.4 Å². The van der Waals surface area contributed by atoms with Crippen molar-refractivity contribution >= 4 is 11.3 Å². The van der Waals surface area contributed by atoms with Crippen LogP contribution < -0.4 is 10.9 Å². The van der Waals surface area contributed by atoms with Crippen LogP contribution in [0.2, 0.25) is 0 Å². The molecule has 0 atom stereocenters. The first-order valence-electron chi connectivity index (χ1n) is 6.45. The van der Waals surface area contributed by atoms with Gasteiger partial charge in [-0.3, -0.25) is 4.79 Å². The van der Waals surface area contributed by atoms with Crippen molar-refractivity contribution in [2.75, 3.05) is 6.54 Å². The Hall–Kier alpha value is -1.46. The molecule has 0 fully saturated rings. The number of hydrogen-bond donors (Lipinski definition) is 2. The van der Waals surface area contributed by atoms with Gasteiger partial charge in [0, 0.05) is 23.9 Å². The van der Waals surface area contributed by atoms with Gasteiger partial charge in [0.25, 0.3) is 5.56 Å². The molecular weight excluding hydrogens is 258 g/mol.